The summed E-state index contributed by atoms with van der Waals surface area (Å²) < 4.78 is 20.9. The topological polar surface area (TPSA) is 38.3 Å². The van der Waals surface area contributed by atoms with Crippen LogP contribution in [0.2, 0.25) is 5.02 Å². The van der Waals surface area contributed by atoms with Crippen LogP contribution in [0.5, 0.6) is 5.75 Å². The van der Waals surface area contributed by atoms with E-state index in [1.165, 1.54) is 18.4 Å². The van der Waals surface area contributed by atoms with Crippen LogP contribution in [0.4, 0.5) is 0 Å². The van der Waals surface area contributed by atoms with E-state index >= 15 is 0 Å². The predicted octanol–water partition coefficient (Wildman–Crippen LogP) is 4.73. The maximum absolute atomic E-state index is 12.3. The first kappa shape index (κ1) is 17.8. The number of rotatable bonds is 6. The fraction of sp³-hybridized carbons (Fsp3) is 0.647. The van der Waals surface area contributed by atoms with Gasteiger partial charge in [-0.1, -0.05) is 23.7 Å². The molecular formula is C17H26ClNO2S. The Morgan fingerprint density at radius 1 is 1.41 bits per heavy atom. The zero-order valence-electron chi connectivity index (χ0n) is 14.0. The normalized spacial score (nSPS) is 18.1. The van der Waals surface area contributed by atoms with Gasteiger partial charge in [0, 0.05) is 6.04 Å². The first-order chi connectivity index (χ1) is 10.3. The van der Waals surface area contributed by atoms with E-state index < -0.39 is 11.0 Å². The van der Waals surface area contributed by atoms with E-state index in [0.29, 0.717) is 17.5 Å². The number of hydrogen-bond donors (Lipinski definition) is 1. The summed E-state index contributed by atoms with van der Waals surface area (Å²) in [5.41, 5.74) is 2.15. The molecule has 5 heteroatoms. The van der Waals surface area contributed by atoms with Crippen LogP contribution in [0, 0.1) is 0 Å². The second-order valence-corrected chi connectivity index (χ2v) is 9.19. The molecule has 3 nitrogen and oxygen atoms in total. The van der Waals surface area contributed by atoms with Gasteiger partial charge in [0.1, 0.15) is 5.75 Å². The molecular weight excluding hydrogens is 318 g/mol. The Balaban J connectivity index is 2.27. The van der Waals surface area contributed by atoms with Crippen LogP contribution in [0.1, 0.15) is 70.5 Å². The number of hydrogen-bond acceptors (Lipinski definition) is 2. The van der Waals surface area contributed by atoms with Crippen molar-refractivity contribution in [1.29, 1.82) is 0 Å². The largest absolute Gasteiger partial charge is 0.492 e. The van der Waals surface area contributed by atoms with Crippen molar-refractivity contribution < 1.29 is 8.95 Å². The van der Waals surface area contributed by atoms with Crippen molar-refractivity contribution in [3.05, 3.63) is 28.3 Å². The third-order valence-corrected chi connectivity index (χ3v) is 5.84. The smallest absolute Gasteiger partial charge is 0.141 e. The van der Waals surface area contributed by atoms with Crippen molar-refractivity contribution in [2.24, 2.45) is 0 Å². The summed E-state index contributed by atoms with van der Waals surface area (Å²) in [6.45, 7) is 10.4. The maximum atomic E-state index is 12.3. The van der Waals surface area contributed by atoms with Gasteiger partial charge in [-0.3, -0.25) is 0 Å². The molecule has 1 aliphatic carbocycles. The molecule has 1 saturated carbocycles. The fourth-order valence-electron chi connectivity index (χ4n) is 2.33. The van der Waals surface area contributed by atoms with Crippen LogP contribution in [0.15, 0.2) is 12.1 Å². The standard InChI is InChI=1S/C17H26ClNO2S/c1-6-21-16-14(12-7-8-12)10-9-13(15(16)18)11(2)19-22(20)17(3,4)5/h9-12,19H,6-8H2,1-5H3/t11-,22+/m1/s1. The highest BCUT2D eigenvalue weighted by Gasteiger charge is 2.30. The van der Waals surface area contributed by atoms with Gasteiger partial charge >= 0.3 is 0 Å². The second kappa shape index (κ2) is 6.90. The number of benzene rings is 1. The zero-order chi connectivity index (χ0) is 16.5. The van der Waals surface area contributed by atoms with Crippen LogP contribution < -0.4 is 9.46 Å². The zero-order valence-corrected chi connectivity index (χ0v) is 15.6. The molecule has 1 aliphatic rings. The number of halogens is 1. The average Bonchev–Trinajstić information content (AvgIpc) is 3.24. The Morgan fingerprint density at radius 3 is 2.55 bits per heavy atom. The van der Waals surface area contributed by atoms with Gasteiger partial charge in [0.05, 0.1) is 27.4 Å². The first-order valence-electron chi connectivity index (χ1n) is 7.88. The van der Waals surface area contributed by atoms with Gasteiger partial charge in [-0.25, -0.2) is 8.93 Å². The molecule has 0 unspecified atom stereocenters. The molecule has 1 fully saturated rings. The van der Waals surface area contributed by atoms with E-state index in [0.717, 1.165) is 11.3 Å². The van der Waals surface area contributed by atoms with Crippen molar-refractivity contribution in [2.75, 3.05) is 6.61 Å². The van der Waals surface area contributed by atoms with Crippen molar-refractivity contribution in [3.8, 4) is 5.75 Å². The summed E-state index contributed by atoms with van der Waals surface area (Å²) in [6.07, 6.45) is 2.41. The van der Waals surface area contributed by atoms with Gasteiger partial charge in [0.15, 0.2) is 0 Å². The Labute approximate surface area is 141 Å². The summed E-state index contributed by atoms with van der Waals surface area (Å²) in [5.74, 6) is 1.39. The highest BCUT2D eigenvalue weighted by Crippen LogP contribution is 2.48. The molecule has 0 spiro atoms. The monoisotopic (exact) mass is 343 g/mol. The minimum atomic E-state index is -1.14. The van der Waals surface area contributed by atoms with Gasteiger partial charge in [-0.2, -0.15) is 0 Å². The van der Waals surface area contributed by atoms with E-state index in [1.54, 1.807) is 0 Å². The van der Waals surface area contributed by atoms with Crippen molar-refractivity contribution in [3.63, 3.8) is 0 Å². The minimum absolute atomic E-state index is 0.0972. The highest BCUT2D eigenvalue weighted by molar-refractivity contribution is 7.84. The SMILES string of the molecule is CCOc1c(C2CC2)ccc([C@@H](C)N[S@@](=O)C(C)(C)C)c1Cl. The van der Waals surface area contributed by atoms with Crippen LogP contribution in [-0.4, -0.2) is 15.6 Å². The number of ether oxygens (including phenoxy) is 1. The quantitative estimate of drug-likeness (QED) is 0.810. The van der Waals surface area contributed by atoms with Crippen LogP contribution >= 0.6 is 11.6 Å². The first-order valence-corrected chi connectivity index (χ1v) is 9.41. The van der Waals surface area contributed by atoms with Crippen LogP contribution in [0.3, 0.4) is 0 Å². The van der Waals surface area contributed by atoms with Gasteiger partial charge in [0.2, 0.25) is 0 Å². The molecule has 0 radical (unpaired) electrons. The molecule has 0 bridgehead atoms. The van der Waals surface area contributed by atoms with Gasteiger partial charge in [0.25, 0.3) is 0 Å². The fourth-order valence-corrected chi connectivity index (χ4v) is 3.52. The van der Waals surface area contributed by atoms with Crippen LogP contribution in [-0.2, 0) is 11.0 Å². The molecule has 124 valence electrons. The van der Waals surface area contributed by atoms with E-state index in [2.05, 4.69) is 10.8 Å². The molecule has 2 atom stereocenters. The molecule has 1 N–H and O–H groups in total. The molecule has 0 amide bonds. The molecule has 2 rings (SSSR count). The van der Waals surface area contributed by atoms with Crippen molar-refractivity contribution in [2.45, 2.75) is 64.2 Å². The van der Waals surface area contributed by atoms with Gasteiger partial charge < -0.3 is 4.74 Å². The summed E-state index contributed by atoms with van der Waals surface area (Å²) in [4.78, 5) is 0. The molecule has 0 saturated heterocycles. The van der Waals surface area contributed by atoms with Gasteiger partial charge in [-0.05, 0) is 64.5 Å². The average molecular weight is 344 g/mol. The lowest BCUT2D eigenvalue weighted by atomic mass is 10.0. The predicted molar refractivity (Wildman–Crippen MR) is 94.0 cm³/mol. The Hall–Kier alpha value is -0.580. The van der Waals surface area contributed by atoms with E-state index in [1.807, 2.05) is 40.7 Å². The summed E-state index contributed by atoms with van der Waals surface area (Å²) >= 11 is 6.59. The van der Waals surface area contributed by atoms with Crippen LogP contribution in [0.25, 0.3) is 0 Å². The summed E-state index contributed by atoms with van der Waals surface area (Å²) in [5, 5.41) is 0.650. The molecule has 0 aromatic heterocycles. The molecule has 0 aliphatic heterocycles. The number of nitrogens with one attached hydrogen (secondary N) is 1. The molecule has 1 aromatic carbocycles. The van der Waals surface area contributed by atoms with Crippen molar-refractivity contribution in [1.82, 2.24) is 4.72 Å². The maximum Gasteiger partial charge on any atom is 0.141 e. The lowest BCUT2D eigenvalue weighted by Gasteiger charge is -2.24. The second-order valence-electron chi connectivity index (χ2n) is 6.82. The third-order valence-electron chi connectivity index (χ3n) is 3.77. The summed E-state index contributed by atoms with van der Waals surface area (Å²) in [6, 6.07) is 4.05. The highest BCUT2D eigenvalue weighted by atomic mass is 35.5. The van der Waals surface area contributed by atoms with E-state index in [-0.39, 0.29) is 10.8 Å². The third kappa shape index (κ3) is 4.03. The lowest BCUT2D eigenvalue weighted by molar-refractivity contribution is 0.336. The van der Waals surface area contributed by atoms with Crippen molar-refractivity contribution >= 4 is 22.6 Å². The lowest BCUT2D eigenvalue weighted by Crippen LogP contribution is -2.34. The summed E-state index contributed by atoms with van der Waals surface area (Å²) in [7, 11) is -1.14. The molecule has 0 heterocycles. The molecule has 22 heavy (non-hydrogen) atoms. The molecule has 1 aromatic rings. The van der Waals surface area contributed by atoms with Gasteiger partial charge in [-0.15, -0.1) is 0 Å². The van der Waals surface area contributed by atoms with E-state index in [9.17, 15) is 4.21 Å². The Kier molecular flexibility index (Phi) is 5.57. The Morgan fingerprint density at radius 2 is 2.05 bits per heavy atom. The minimum Gasteiger partial charge on any atom is -0.492 e. The van der Waals surface area contributed by atoms with E-state index in [4.69, 9.17) is 16.3 Å². The Bertz CT molecular complexity index is 565.